The Morgan fingerprint density at radius 2 is 1.94 bits per heavy atom. The van der Waals surface area contributed by atoms with Gasteiger partial charge in [0, 0.05) is 56.6 Å². The zero-order valence-electron chi connectivity index (χ0n) is 21.0. The number of nitrogens with one attached hydrogen (secondary N) is 2. The van der Waals surface area contributed by atoms with Crippen LogP contribution in [0, 0.1) is 0 Å². The average Bonchev–Trinajstić information content (AvgIpc) is 2.86. The van der Waals surface area contributed by atoms with Crippen LogP contribution in [0.2, 0.25) is 0 Å². The van der Waals surface area contributed by atoms with Crippen LogP contribution in [0.1, 0.15) is 52.0 Å². The molecule has 0 aromatic carbocycles. The highest BCUT2D eigenvalue weighted by molar-refractivity contribution is 5.93. The normalized spacial score (nSPS) is 16.1. The monoisotopic (exact) mass is 463 g/mol. The van der Waals surface area contributed by atoms with E-state index in [1.54, 1.807) is 7.11 Å². The van der Waals surface area contributed by atoms with Crippen molar-refractivity contribution in [2.24, 2.45) is 0 Å². The number of aromatic nitrogens is 4. The molecular weight excluding hydrogens is 426 g/mol. The molecule has 2 atom stereocenters. The molecule has 0 spiro atoms. The van der Waals surface area contributed by atoms with E-state index in [1.807, 2.05) is 30.7 Å². The van der Waals surface area contributed by atoms with Gasteiger partial charge in [-0.05, 0) is 37.0 Å². The summed E-state index contributed by atoms with van der Waals surface area (Å²) in [5.41, 5.74) is 3.00. The predicted molar refractivity (Wildman–Crippen MR) is 139 cm³/mol. The molecule has 0 bridgehead atoms. The Morgan fingerprint density at radius 1 is 1.15 bits per heavy atom. The highest BCUT2D eigenvalue weighted by Gasteiger charge is 2.22. The maximum atomic E-state index is 5.67. The third-order valence-electron chi connectivity index (χ3n) is 6.48. The topological polar surface area (TPSA) is 88.1 Å². The van der Waals surface area contributed by atoms with E-state index in [0.717, 1.165) is 67.1 Å². The first-order valence-electron chi connectivity index (χ1n) is 12.4. The van der Waals surface area contributed by atoms with Crippen LogP contribution in [0.4, 0.5) is 11.6 Å². The van der Waals surface area contributed by atoms with Gasteiger partial charge < -0.3 is 20.3 Å². The predicted octanol–water partition coefficient (Wildman–Crippen LogP) is 4.24. The van der Waals surface area contributed by atoms with Gasteiger partial charge in [-0.15, -0.1) is 0 Å². The molecular formula is C26H37N7O. The van der Waals surface area contributed by atoms with Gasteiger partial charge in [0.25, 0.3) is 0 Å². The molecule has 0 aliphatic carbocycles. The molecule has 0 amide bonds. The van der Waals surface area contributed by atoms with E-state index in [0.29, 0.717) is 11.7 Å². The second-order valence-corrected chi connectivity index (χ2v) is 9.31. The van der Waals surface area contributed by atoms with Gasteiger partial charge in [0.15, 0.2) is 5.82 Å². The molecule has 1 saturated heterocycles. The Balaban J connectivity index is 1.74. The standard InChI is InChI=1S/C26H37N7O/c1-6-7-22(34-5)18(4)30-23-14-19(8-9-29-23)25-31-21-16-28-15-20(17(2)3)24(21)26(32-25)33-12-10-27-11-13-33/h8-9,14-18,22,27H,6-7,10-13H2,1-5H3,(H,29,30). The number of methoxy groups -OCH3 is 1. The van der Waals surface area contributed by atoms with Crippen LogP contribution in [0.25, 0.3) is 22.3 Å². The molecule has 3 aromatic rings. The molecule has 8 heteroatoms. The fourth-order valence-electron chi connectivity index (χ4n) is 4.59. The van der Waals surface area contributed by atoms with Crippen molar-refractivity contribution in [1.82, 2.24) is 25.3 Å². The molecule has 0 radical (unpaired) electrons. The number of hydrogen-bond acceptors (Lipinski definition) is 8. The highest BCUT2D eigenvalue weighted by atomic mass is 16.5. The first-order chi connectivity index (χ1) is 16.5. The first kappa shape index (κ1) is 24.3. The van der Waals surface area contributed by atoms with E-state index in [2.05, 4.69) is 53.2 Å². The SMILES string of the molecule is CCCC(OC)C(C)Nc1cc(-c2nc(N3CCNCC3)c3c(C(C)C)cncc3n2)ccn1. The van der Waals surface area contributed by atoms with Crippen molar-refractivity contribution in [3.8, 4) is 11.4 Å². The average molecular weight is 464 g/mol. The molecule has 1 aliphatic rings. The van der Waals surface area contributed by atoms with Gasteiger partial charge >= 0.3 is 0 Å². The quantitative estimate of drug-likeness (QED) is 0.487. The molecule has 8 nitrogen and oxygen atoms in total. The molecule has 1 fully saturated rings. The lowest BCUT2D eigenvalue weighted by Gasteiger charge is -2.30. The maximum absolute atomic E-state index is 5.67. The molecule has 4 rings (SSSR count). The molecule has 4 heterocycles. The van der Waals surface area contributed by atoms with Crippen LogP contribution in [0.15, 0.2) is 30.7 Å². The van der Waals surface area contributed by atoms with Gasteiger partial charge in [0.05, 0.1) is 23.9 Å². The Kier molecular flexibility index (Phi) is 7.90. The van der Waals surface area contributed by atoms with E-state index in [1.165, 1.54) is 5.56 Å². The fraction of sp³-hybridized carbons (Fsp3) is 0.538. The van der Waals surface area contributed by atoms with Crippen molar-refractivity contribution >= 4 is 22.5 Å². The number of anilines is 2. The zero-order chi connectivity index (χ0) is 24.1. The third kappa shape index (κ3) is 5.28. The third-order valence-corrected chi connectivity index (χ3v) is 6.48. The summed E-state index contributed by atoms with van der Waals surface area (Å²) in [6.45, 7) is 12.4. The zero-order valence-corrected chi connectivity index (χ0v) is 21.0. The number of hydrogen-bond donors (Lipinski definition) is 2. The number of piperazine rings is 1. The number of rotatable bonds is 9. The highest BCUT2D eigenvalue weighted by Crippen LogP contribution is 2.33. The maximum Gasteiger partial charge on any atom is 0.162 e. The van der Waals surface area contributed by atoms with Gasteiger partial charge in [-0.2, -0.15) is 0 Å². The van der Waals surface area contributed by atoms with Gasteiger partial charge in [-0.3, -0.25) is 4.98 Å². The summed E-state index contributed by atoms with van der Waals surface area (Å²) in [6, 6.07) is 4.13. The Labute approximate surface area is 202 Å². The van der Waals surface area contributed by atoms with Gasteiger partial charge in [-0.1, -0.05) is 27.2 Å². The van der Waals surface area contributed by atoms with Gasteiger partial charge in [0.2, 0.25) is 0 Å². The molecule has 0 saturated carbocycles. The summed E-state index contributed by atoms with van der Waals surface area (Å²) in [5.74, 6) is 2.82. The van der Waals surface area contributed by atoms with Crippen molar-refractivity contribution in [2.45, 2.75) is 58.6 Å². The van der Waals surface area contributed by atoms with Crippen molar-refractivity contribution < 1.29 is 4.74 Å². The van der Waals surface area contributed by atoms with Gasteiger partial charge in [0.1, 0.15) is 11.6 Å². The molecule has 1 aliphatic heterocycles. The number of fused-ring (bicyclic) bond motifs is 1. The summed E-state index contributed by atoms with van der Waals surface area (Å²) in [6.07, 6.45) is 7.83. The van der Waals surface area contributed by atoms with Crippen LogP contribution in [-0.4, -0.2) is 65.4 Å². The summed E-state index contributed by atoms with van der Waals surface area (Å²) in [4.78, 5) is 21.5. The lowest BCUT2D eigenvalue weighted by molar-refractivity contribution is 0.0826. The van der Waals surface area contributed by atoms with Crippen LogP contribution in [0.3, 0.4) is 0 Å². The Hall–Kier alpha value is -2.84. The Bertz CT molecular complexity index is 1100. The lowest BCUT2D eigenvalue weighted by atomic mass is 10.0. The second-order valence-electron chi connectivity index (χ2n) is 9.31. The Morgan fingerprint density at radius 3 is 2.65 bits per heavy atom. The van der Waals surface area contributed by atoms with E-state index in [9.17, 15) is 0 Å². The number of nitrogens with zero attached hydrogens (tertiary/aromatic N) is 5. The summed E-state index contributed by atoms with van der Waals surface area (Å²) < 4.78 is 5.67. The smallest absolute Gasteiger partial charge is 0.162 e. The largest absolute Gasteiger partial charge is 0.379 e. The van der Waals surface area contributed by atoms with Crippen LogP contribution < -0.4 is 15.5 Å². The van der Waals surface area contributed by atoms with E-state index >= 15 is 0 Å². The van der Waals surface area contributed by atoms with Gasteiger partial charge in [-0.25, -0.2) is 15.0 Å². The molecule has 2 N–H and O–H groups in total. The summed E-state index contributed by atoms with van der Waals surface area (Å²) in [5, 5.41) is 8.06. The minimum atomic E-state index is 0.132. The minimum Gasteiger partial charge on any atom is -0.379 e. The minimum absolute atomic E-state index is 0.132. The van der Waals surface area contributed by atoms with Crippen LogP contribution in [-0.2, 0) is 4.74 Å². The molecule has 34 heavy (non-hydrogen) atoms. The van der Waals surface area contributed by atoms with Crippen molar-refractivity contribution in [3.05, 3.63) is 36.3 Å². The molecule has 3 aromatic heterocycles. The van der Waals surface area contributed by atoms with E-state index in [4.69, 9.17) is 14.7 Å². The van der Waals surface area contributed by atoms with Crippen LogP contribution >= 0.6 is 0 Å². The van der Waals surface area contributed by atoms with Crippen LogP contribution in [0.5, 0.6) is 0 Å². The van der Waals surface area contributed by atoms with Crippen molar-refractivity contribution in [3.63, 3.8) is 0 Å². The lowest BCUT2D eigenvalue weighted by Crippen LogP contribution is -2.44. The fourth-order valence-corrected chi connectivity index (χ4v) is 4.59. The molecule has 2 unspecified atom stereocenters. The van der Waals surface area contributed by atoms with E-state index in [-0.39, 0.29) is 12.1 Å². The number of pyridine rings is 2. The molecule has 182 valence electrons. The van der Waals surface area contributed by atoms with Crippen molar-refractivity contribution in [2.75, 3.05) is 43.5 Å². The second kappa shape index (κ2) is 11.1. The first-order valence-corrected chi connectivity index (χ1v) is 12.4. The van der Waals surface area contributed by atoms with E-state index < -0.39 is 0 Å². The summed E-state index contributed by atoms with van der Waals surface area (Å²) >= 11 is 0. The number of ether oxygens (including phenoxy) is 1. The van der Waals surface area contributed by atoms with Crippen molar-refractivity contribution in [1.29, 1.82) is 0 Å². The summed E-state index contributed by atoms with van der Waals surface area (Å²) in [7, 11) is 1.77.